The highest BCUT2D eigenvalue weighted by atomic mass is 35.5. The Morgan fingerprint density at radius 3 is 2.67 bits per heavy atom. The number of benzene rings is 1. The second-order valence-corrected chi connectivity index (χ2v) is 2.74. The average molecular weight is 182 g/mol. The van der Waals surface area contributed by atoms with Crippen molar-refractivity contribution in [1.82, 2.24) is 0 Å². The average Bonchev–Trinajstić information content (AvgIpc) is 2.16. The van der Waals surface area contributed by atoms with E-state index in [1.807, 2.05) is 30.3 Å². The summed E-state index contributed by atoms with van der Waals surface area (Å²) in [7, 11) is 0. The Kier molecular flexibility index (Phi) is 3.68. The molecule has 0 saturated heterocycles. The van der Waals surface area contributed by atoms with Crippen LogP contribution in [0.4, 0.5) is 0 Å². The molecule has 0 N–H and O–H groups in total. The number of halogens is 1. The van der Waals surface area contributed by atoms with Gasteiger partial charge < -0.3 is 4.74 Å². The predicted octanol–water partition coefficient (Wildman–Crippen LogP) is 3.02. The lowest BCUT2D eigenvalue weighted by molar-refractivity contribution is 0.359. The molecule has 1 aromatic carbocycles. The van der Waals surface area contributed by atoms with E-state index in [0.717, 1.165) is 5.75 Å². The molecule has 0 bridgehead atoms. The van der Waals surface area contributed by atoms with Gasteiger partial charge in [0, 0.05) is 0 Å². The van der Waals surface area contributed by atoms with Crippen molar-refractivity contribution in [3.63, 3.8) is 0 Å². The zero-order chi connectivity index (χ0) is 8.81. The third kappa shape index (κ3) is 2.97. The van der Waals surface area contributed by atoms with Crippen molar-refractivity contribution < 1.29 is 4.74 Å². The molecule has 1 nitrogen and oxygen atoms in total. The second kappa shape index (κ2) is 4.83. The van der Waals surface area contributed by atoms with Gasteiger partial charge in [0.2, 0.25) is 0 Å². The van der Waals surface area contributed by atoms with Gasteiger partial charge in [-0.3, -0.25) is 0 Å². The molecule has 0 amide bonds. The lowest BCUT2D eigenvalue weighted by atomic mass is 10.3. The van der Waals surface area contributed by atoms with Gasteiger partial charge in [0.05, 0.1) is 5.03 Å². The third-order valence-electron chi connectivity index (χ3n) is 1.34. The molecule has 0 aliphatic carbocycles. The van der Waals surface area contributed by atoms with Gasteiger partial charge in [-0.2, -0.15) is 0 Å². The van der Waals surface area contributed by atoms with Gasteiger partial charge in [-0.1, -0.05) is 35.9 Å². The van der Waals surface area contributed by atoms with Crippen LogP contribution in [0.25, 0.3) is 0 Å². The van der Waals surface area contributed by atoms with Crippen molar-refractivity contribution in [3.05, 3.63) is 48.4 Å². The molecule has 63 valence electrons. The van der Waals surface area contributed by atoms with Crippen LogP contribution in [0.15, 0.2) is 41.4 Å². The van der Waals surface area contributed by atoms with E-state index in [0.29, 0.717) is 11.6 Å². The van der Waals surface area contributed by atoms with Crippen LogP contribution in [0.5, 0.6) is 5.75 Å². The molecule has 0 heterocycles. The fraction of sp³-hybridized carbons (Fsp3) is 0.100. The smallest absolute Gasteiger partial charge is 0.123 e. The number of para-hydroxylation sites is 1. The van der Waals surface area contributed by atoms with Crippen LogP contribution < -0.4 is 4.74 Å². The first-order valence-electron chi connectivity index (χ1n) is 3.64. The van der Waals surface area contributed by atoms with Crippen LogP contribution in [0.3, 0.4) is 0 Å². The molecule has 0 unspecified atom stereocenters. The van der Waals surface area contributed by atoms with Crippen molar-refractivity contribution >= 4 is 11.6 Å². The van der Waals surface area contributed by atoms with Crippen molar-refractivity contribution in [3.8, 4) is 5.75 Å². The molecule has 0 aliphatic rings. The summed E-state index contributed by atoms with van der Waals surface area (Å²) < 4.78 is 5.32. The lowest BCUT2D eigenvalue weighted by Crippen LogP contribution is -1.96. The van der Waals surface area contributed by atoms with Gasteiger partial charge in [-0.15, -0.1) is 0 Å². The first-order chi connectivity index (χ1) is 5.83. The molecule has 1 aromatic rings. The van der Waals surface area contributed by atoms with Gasteiger partial charge in [-0.05, 0) is 19.1 Å². The van der Waals surface area contributed by atoms with Crippen LogP contribution in [0, 0.1) is 6.92 Å². The molecular weight excluding hydrogens is 172 g/mol. The Labute approximate surface area is 77.6 Å². The lowest BCUT2D eigenvalue weighted by Gasteiger charge is -2.03. The van der Waals surface area contributed by atoms with Gasteiger partial charge in [0.15, 0.2) is 0 Å². The Hall–Kier alpha value is -0.950. The summed E-state index contributed by atoms with van der Waals surface area (Å²) in [5.74, 6) is 0.817. The SMILES string of the molecule is [CH2]/C=C(\Cl)COc1ccccc1. The minimum Gasteiger partial charge on any atom is -0.488 e. The van der Waals surface area contributed by atoms with E-state index in [9.17, 15) is 0 Å². The van der Waals surface area contributed by atoms with Gasteiger partial charge >= 0.3 is 0 Å². The topological polar surface area (TPSA) is 9.23 Å². The minimum absolute atomic E-state index is 0.384. The van der Waals surface area contributed by atoms with E-state index in [1.165, 1.54) is 0 Å². The van der Waals surface area contributed by atoms with Crippen LogP contribution in [0.2, 0.25) is 0 Å². The number of ether oxygens (including phenoxy) is 1. The molecule has 0 aromatic heterocycles. The second-order valence-electron chi connectivity index (χ2n) is 2.25. The minimum atomic E-state index is 0.384. The largest absolute Gasteiger partial charge is 0.488 e. The molecule has 0 aliphatic heterocycles. The maximum absolute atomic E-state index is 5.69. The Bertz CT molecular complexity index is 254. The molecule has 12 heavy (non-hydrogen) atoms. The molecular formula is C10H10ClO. The number of hydrogen-bond donors (Lipinski definition) is 0. The molecule has 1 radical (unpaired) electrons. The highest BCUT2D eigenvalue weighted by molar-refractivity contribution is 6.29. The van der Waals surface area contributed by atoms with Crippen molar-refractivity contribution in [1.29, 1.82) is 0 Å². The molecule has 2 heteroatoms. The highest BCUT2D eigenvalue weighted by Gasteiger charge is 1.92. The van der Waals surface area contributed by atoms with Crippen molar-refractivity contribution in [2.24, 2.45) is 0 Å². The first-order valence-corrected chi connectivity index (χ1v) is 4.02. The fourth-order valence-corrected chi connectivity index (χ4v) is 0.782. The standard InChI is InChI=1S/C10H10ClO/c1-2-9(11)8-12-10-6-4-3-5-7-10/h2-7H,1,8H2/b9-2-. The molecule has 1 rings (SSSR count). The zero-order valence-corrected chi connectivity index (χ0v) is 7.42. The maximum atomic E-state index is 5.69. The summed E-state index contributed by atoms with van der Waals surface area (Å²) in [5, 5.41) is 0.610. The van der Waals surface area contributed by atoms with E-state index in [-0.39, 0.29) is 0 Å². The summed E-state index contributed by atoms with van der Waals surface area (Å²) in [6.07, 6.45) is 1.57. The quantitative estimate of drug-likeness (QED) is 0.697. The van der Waals surface area contributed by atoms with Crippen molar-refractivity contribution in [2.75, 3.05) is 6.61 Å². The Morgan fingerprint density at radius 1 is 1.42 bits per heavy atom. The van der Waals surface area contributed by atoms with Crippen LogP contribution in [-0.4, -0.2) is 6.61 Å². The van der Waals surface area contributed by atoms with Gasteiger partial charge in [-0.25, -0.2) is 0 Å². The Balaban J connectivity index is 2.44. The summed E-state index contributed by atoms with van der Waals surface area (Å²) in [6.45, 7) is 3.91. The van der Waals surface area contributed by atoms with Crippen LogP contribution in [0.1, 0.15) is 0 Å². The van der Waals surface area contributed by atoms with Crippen molar-refractivity contribution in [2.45, 2.75) is 0 Å². The van der Waals surface area contributed by atoms with E-state index >= 15 is 0 Å². The summed E-state index contributed by atoms with van der Waals surface area (Å²) in [6, 6.07) is 9.53. The fourth-order valence-electron chi connectivity index (χ4n) is 0.728. The Morgan fingerprint density at radius 2 is 2.08 bits per heavy atom. The predicted molar refractivity (Wildman–Crippen MR) is 51.2 cm³/mol. The van der Waals surface area contributed by atoms with E-state index in [2.05, 4.69) is 6.92 Å². The van der Waals surface area contributed by atoms with E-state index in [1.54, 1.807) is 6.08 Å². The monoisotopic (exact) mass is 181 g/mol. The van der Waals surface area contributed by atoms with Gasteiger partial charge in [0.1, 0.15) is 12.4 Å². The molecule has 0 saturated carbocycles. The van der Waals surface area contributed by atoms with E-state index < -0.39 is 0 Å². The highest BCUT2D eigenvalue weighted by Crippen LogP contribution is 2.10. The summed E-state index contributed by atoms with van der Waals surface area (Å²) in [5.41, 5.74) is 0. The van der Waals surface area contributed by atoms with Crippen LogP contribution in [-0.2, 0) is 0 Å². The maximum Gasteiger partial charge on any atom is 0.123 e. The molecule has 0 spiro atoms. The number of rotatable bonds is 3. The normalized spacial score (nSPS) is 11.3. The number of hydrogen-bond acceptors (Lipinski definition) is 1. The first kappa shape index (κ1) is 9.14. The molecule has 0 fully saturated rings. The molecule has 0 atom stereocenters. The van der Waals surface area contributed by atoms with Crippen LogP contribution >= 0.6 is 11.6 Å². The van der Waals surface area contributed by atoms with Gasteiger partial charge in [0.25, 0.3) is 0 Å². The zero-order valence-electron chi connectivity index (χ0n) is 6.66. The van der Waals surface area contributed by atoms with E-state index in [4.69, 9.17) is 16.3 Å². The summed E-state index contributed by atoms with van der Waals surface area (Å²) >= 11 is 5.69. The third-order valence-corrected chi connectivity index (χ3v) is 1.60. The number of allylic oxidation sites excluding steroid dienone is 1. The summed E-state index contributed by atoms with van der Waals surface area (Å²) in [4.78, 5) is 0.